The highest BCUT2D eigenvalue weighted by Gasteiger charge is 2.01. The number of benzene rings is 1. The summed E-state index contributed by atoms with van der Waals surface area (Å²) < 4.78 is 21.6. The lowest BCUT2D eigenvalue weighted by Crippen LogP contribution is -2.15. The van der Waals surface area contributed by atoms with Crippen molar-refractivity contribution in [3.63, 3.8) is 0 Å². The summed E-state index contributed by atoms with van der Waals surface area (Å²) in [5.74, 6) is 0. The van der Waals surface area contributed by atoms with Crippen molar-refractivity contribution < 1.29 is 8.76 Å². The molecule has 0 saturated heterocycles. The second kappa shape index (κ2) is 4.48. The summed E-state index contributed by atoms with van der Waals surface area (Å²) in [6.07, 6.45) is 3.48. The topological polar surface area (TPSA) is 62.2 Å². The molecule has 0 saturated carbocycles. The quantitative estimate of drug-likeness (QED) is 0.773. The molecule has 4 nitrogen and oxygen atoms in total. The fourth-order valence-corrected chi connectivity index (χ4v) is 1.76. The van der Waals surface area contributed by atoms with Gasteiger partial charge in [-0.2, -0.15) is 0 Å². The molecule has 2 N–H and O–H groups in total. The first-order valence-corrected chi connectivity index (χ1v) is 5.54. The molecule has 0 fully saturated rings. The third-order valence-electron chi connectivity index (χ3n) is 2.16. The molecule has 0 bridgehead atoms. The van der Waals surface area contributed by atoms with Gasteiger partial charge in [-0.25, -0.2) is 8.93 Å². The molecule has 1 heterocycles. The van der Waals surface area contributed by atoms with E-state index in [2.05, 4.69) is 9.71 Å². The molecule has 5 heteroatoms. The van der Waals surface area contributed by atoms with Crippen LogP contribution in [0.3, 0.4) is 0 Å². The molecule has 1 aromatic heterocycles. The first-order valence-electron chi connectivity index (χ1n) is 4.43. The summed E-state index contributed by atoms with van der Waals surface area (Å²) in [6.45, 7) is 0.366. The van der Waals surface area contributed by atoms with Gasteiger partial charge in [-0.15, -0.1) is 0 Å². The molecule has 0 spiro atoms. The van der Waals surface area contributed by atoms with E-state index in [0.29, 0.717) is 6.54 Å². The van der Waals surface area contributed by atoms with Crippen LogP contribution in [-0.2, 0) is 17.8 Å². The zero-order chi connectivity index (χ0) is 10.7. The van der Waals surface area contributed by atoms with Crippen molar-refractivity contribution in [3.8, 4) is 0 Å². The normalized spacial score (nSPS) is 12.9. The van der Waals surface area contributed by atoms with Crippen molar-refractivity contribution in [2.75, 3.05) is 0 Å². The highest BCUT2D eigenvalue weighted by Crippen LogP contribution is 2.16. The number of hydrogen-bond donors (Lipinski definition) is 2. The van der Waals surface area contributed by atoms with Gasteiger partial charge in [-0.3, -0.25) is 9.54 Å². The third-order valence-corrected chi connectivity index (χ3v) is 2.55. The first-order chi connectivity index (χ1) is 7.27. The van der Waals surface area contributed by atoms with E-state index in [-0.39, 0.29) is 0 Å². The van der Waals surface area contributed by atoms with Crippen LogP contribution in [0.4, 0.5) is 0 Å². The maximum absolute atomic E-state index is 10.5. The van der Waals surface area contributed by atoms with Gasteiger partial charge in [0.05, 0.1) is 0 Å². The fourth-order valence-electron chi connectivity index (χ4n) is 1.48. The number of hydrogen-bond acceptors (Lipinski definition) is 2. The minimum atomic E-state index is -1.97. The molecule has 0 aliphatic rings. The zero-order valence-corrected chi connectivity index (χ0v) is 8.70. The van der Waals surface area contributed by atoms with E-state index >= 15 is 0 Å². The Balaban J connectivity index is 2.38. The number of rotatable bonds is 3. The number of pyridine rings is 1. The van der Waals surface area contributed by atoms with E-state index in [1.165, 1.54) is 0 Å². The Morgan fingerprint density at radius 3 is 3.07 bits per heavy atom. The molecule has 1 atom stereocenters. The third kappa shape index (κ3) is 2.38. The fraction of sp³-hybridized carbons (Fsp3) is 0.100. The van der Waals surface area contributed by atoms with Crippen molar-refractivity contribution in [2.45, 2.75) is 6.54 Å². The molecule has 15 heavy (non-hydrogen) atoms. The van der Waals surface area contributed by atoms with Gasteiger partial charge in [-0.1, -0.05) is 18.2 Å². The lowest BCUT2D eigenvalue weighted by molar-refractivity contribution is 0.549. The highest BCUT2D eigenvalue weighted by molar-refractivity contribution is 7.77. The lowest BCUT2D eigenvalue weighted by Gasteiger charge is -2.05. The van der Waals surface area contributed by atoms with E-state index in [1.54, 1.807) is 12.4 Å². The Hall–Kier alpha value is -1.30. The standard InChI is InChI=1S/C10H10N2O2S/c13-15(14)12-7-9-3-1-2-8-6-11-5-4-10(8)9/h1-6,12H,7H2,(H,13,14). The largest absolute Gasteiger partial charge is 0.294 e. The molecular weight excluding hydrogens is 212 g/mol. The molecule has 78 valence electrons. The monoisotopic (exact) mass is 222 g/mol. The van der Waals surface area contributed by atoms with Crippen molar-refractivity contribution in [3.05, 3.63) is 42.2 Å². The minimum absolute atomic E-state index is 0.366. The molecule has 2 aromatic rings. The van der Waals surface area contributed by atoms with Gasteiger partial charge >= 0.3 is 0 Å². The van der Waals surface area contributed by atoms with Crippen LogP contribution < -0.4 is 4.72 Å². The van der Waals surface area contributed by atoms with Crippen LogP contribution in [0.25, 0.3) is 10.8 Å². The maximum Gasteiger partial charge on any atom is 0.232 e. The van der Waals surface area contributed by atoms with Gasteiger partial charge in [0.2, 0.25) is 11.3 Å². The van der Waals surface area contributed by atoms with E-state index in [4.69, 9.17) is 4.55 Å². The number of fused-ring (bicyclic) bond motifs is 1. The molecule has 0 amide bonds. The second-order valence-electron chi connectivity index (χ2n) is 3.08. The average Bonchev–Trinajstić information content (AvgIpc) is 2.26. The molecule has 0 aliphatic heterocycles. The summed E-state index contributed by atoms with van der Waals surface area (Å²) in [6, 6.07) is 7.68. The van der Waals surface area contributed by atoms with E-state index < -0.39 is 11.3 Å². The summed E-state index contributed by atoms with van der Waals surface area (Å²) in [5.41, 5.74) is 0.984. The van der Waals surface area contributed by atoms with Crippen LogP contribution in [0.15, 0.2) is 36.7 Å². The van der Waals surface area contributed by atoms with E-state index in [9.17, 15) is 4.21 Å². The van der Waals surface area contributed by atoms with Crippen molar-refractivity contribution in [1.82, 2.24) is 9.71 Å². The Morgan fingerprint density at radius 1 is 1.40 bits per heavy atom. The van der Waals surface area contributed by atoms with Crippen LogP contribution in [0, 0.1) is 0 Å². The zero-order valence-electron chi connectivity index (χ0n) is 7.88. The van der Waals surface area contributed by atoms with Gasteiger partial charge in [0.25, 0.3) is 0 Å². The molecule has 0 radical (unpaired) electrons. The van der Waals surface area contributed by atoms with Crippen molar-refractivity contribution in [1.29, 1.82) is 0 Å². The predicted octanol–water partition coefficient (Wildman–Crippen LogP) is 1.46. The molecule has 1 unspecified atom stereocenters. The van der Waals surface area contributed by atoms with Crippen LogP contribution in [0.5, 0.6) is 0 Å². The maximum atomic E-state index is 10.5. The van der Waals surface area contributed by atoms with Gasteiger partial charge in [0.15, 0.2) is 0 Å². The molecule has 0 aliphatic carbocycles. The van der Waals surface area contributed by atoms with Crippen LogP contribution >= 0.6 is 0 Å². The van der Waals surface area contributed by atoms with Crippen molar-refractivity contribution in [2.24, 2.45) is 0 Å². The Bertz CT molecular complexity index is 496. The summed E-state index contributed by atoms with van der Waals surface area (Å²) >= 11 is -1.97. The Morgan fingerprint density at radius 2 is 2.27 bits per heavy atom. The van der Waals surface area contributed by atoms with Crippen molar-refractivity contribution >= 4 is 22.0 Å². The first kappa shape index (κ1) is 10.2. The molecule has 2 rings (SSSR count). The van der Waals surface area contributed by atoms with Crippen LogP contribution in [0.2, 0.25) is 0 Å². The SMILES string of the molecule is O=S(O)NCc1cccc2cnccc12. The van der Waals surface area contributed by atoms with Gasteiger partial charge in [0.1, 0.15) is 0 Å². The summed E-state index contributed by atoms with van der Waals surface area (Å²) in [4.78, 5) is 4.02. The summed E-state index contributed by atoms with van der Waals surface area (Å²) in [5, 5.41) is 2.07. The molecular formula is C10H10N2O2S. The van der Waals surface area contributed by atoms with Gasteiger partial charge < -0.3 is 0 Å². The average molecular weight is 222 g/mol. The van der Waals surface area contributed by atoms with E-state index in [1.807, 2.05) is 24.3 Å². The Kier molecular flexibility index (Phi) is 3.05. The van der Waals surface area contributed by atoms with Crippen LogP contribution in [0.1, 0.15) is 5.56 Å². The Labute approximate surface area is 89.8 Å². The summed E-state index contributed by atoms with van der Waals surface area (Å²) in [7, 11) is 0. The van der Waals surface area contributed by atoms with E-state index in [0.717, 1.165) is 16.3 Å². The number of nitrogens with zero attached hydrogens (tertiary/aromatic N) is 1. The second-order valence-corrected chi connectivity index (χ2v) is 3.87. The van der Waals surface area contributed by atoms with Gasteiger partial charge in [0, 0.05) is 24.3 Å². The smallest absolute Gasteiger partial charge is 0.232 e. The number of nitrogens with one attached hydrogen (secondary N) is 1. The highest BCUT2D eigenvalue weighted by atomic mass is 32.2. The van der Waals surface area contributed by atoms with Crippen LogP contribution in [-0.4, -0.2) is 13.7 Å². The predicted molar refractivity (Wildman–Crippen MR) is 59.4 cm³/mol. The molecule has 1 aromatic carbocycles. The number of aromatic nitrogens is 1. The van der Waals surface area contributed by atoms with Gasteiger partial charge in [-0.05, 0) is 17.0 Å². The minimum Gasteiger partial charge on any atom is -0.294 e. The lowest BCUT2D eigenvalue weighted by atomic mass is 10.1.